The first-order valence-corrected chi connectivity index (χ1v) is 6.67. The highest BCUT2D eigenvalue weighted by molar-refractivity contribution is 7.80. The molecule has 3 nitrogen and oxygen atoms in total. The van der Waals surface area contributed by atoms with E-state index in [9.17, 15) is 8.78 Å². The topological polar surface area (TPSA) is 27.3 Å². The first-order chi connectivity index (χ1) is 9.06. The second-order valence-electron chi connectivity index (χ2n) is 4.77. The van der Waals surface area contributed by atoms with Gasteiger partial charge in [-0.2, -0.15) is 0 Å². The van der Waals surface area contributed by atoms with Crippen molar-refractivity contribution in [1.29, 1.82) is 0 Å². The van der Waals surface area contributed by atoms with Crippen LogP contribution in [0.25, 0.3) is 0 Å². The predicted octanol–water partition coefficient (Wildman–Crippen LogP) is 2.35. The van der Waals surface area contributed by atoms with Crippen LogP contribution in [0.5, 0.6) is 0 Å². The van der Waals surface area contributed by atoms with Gasteiger partial charge in [0.15, 0.2) is 5.11 Å². The SMILES string of the molecule is CN1CCC(NC(=S)Nc2c(F)cccc2F)CC1. The van der Waals surface area contributed by atoms with Gasteiger partial charge in [-0.05, 0) is 57.3 Å². The Morgan fingerprint density at radius 1 is 1.26 bits per heavy atom. The number of halogens is 2. The maximum atomic E-state index is 13.4. The summed E-state index contributed by atoms with van der Waals surface area (Å²) in [7, 11) is 2.07. The number of hydrogen-bond acceptors (Lipinski definition) is 2. The molecule has 1 aromatic carbocycles. The third-order valence-electron chi connectivity index (χ3n) is 3.26. The summed E-state index contributed by atoms with van der Waals surface area (Å²) in [5.74, 6) is -1.29. The van der Waals surface area contributed by atoms with Crippen molar-refractivity contribution in [3.05, 3.63) is 29.8 Å². The zero-order chi connectivity index (χ0) is 13.8. The number of para-hydroxylation sites is 1. The summed E-state index contributed by atoms with van der Waals surface area (Å²) in [6.45, 7) is 1.99. The summed E-state index contributed by atoms with van der Waals surface area (Å²) in [5, 5.41) is 5.96. The van der Waals surface area contributed by atoms with Crippen molar-refractivity contribution in [3.8, 4) is 0 Å². The maximum absolute atomic E-state index is 13.4. The van der Waals surface area contributed by atoms with Gasteiger partial charge in [-0.1, -0.05) is 6.07 Å². The molecule has 1 aliphatic heterocycles. The van der Waals surface area contributed by atoms with Crippen molar-refractivity contribution in [3.63, 3.8) is 0 Å². The van der Waals surface area contributed by atoms with Crippen LogP contribution in [-0.2, 0) is 0 Å². The standard InChI is InChI=1S/C13H17F2N3S/c1-18-7-5-9(6-8-18)16-13(19)17-12-10(14)3-2-4-11(12)15/h2-4,9H,5-8H2,1H3,(H2,16,17,19). The Morgan fingerprint density at radius 2 is 1.84 bits per heavy atom. The van der Waals surface area contributed by atoms with E-state index in [4.69, 9.17) is 12.2 Å². The molecule has 1 fully saturated rings. The van der Waals surface area contributed by atoms with Crippen LogP contribution >= 0.6 is 12.2 Å². The Hall–Kier alpha value is -1.27. The fourth-order valence-corrected chi connectivity index (χ4v) is 2.37. The predicted molar refractivity (Wildman–Crippen MR) is 76.2 cm³/mol. The number of likely N-dealkylation sites (tertiary alicyclic amines) is 1. The lowest BCUT2D eigenvalue weighted by molar-refractivity contribution is 0.247. The van der Waals surface area contributed by atoms with Crippen molar-refractivity contribution in [2.45, 2.75) is 18.9 Å². The minimum Gasteiger partial charge on any atom is -0.360 e. The summed E-state index contributed by atoms with van der Waals surface area (Å²) in [6, 6.07) is 3.97. The normalized spacial score (nSPS) is 17.2. The molecule has 0 aliphatic carbocycles. The lowest BCUT2D eigenvalue weighted by atomic mass is 10.1. The van der Waals surface area contributed by atoms with Crippen LogP contribution in [0, 0.1) is 11.6 Å². The first-order valence-electron chi connectivity index (χ1n) is 6.26. The second-order valence-corrected chi connectivity index (χ2v) is 5.18. The first kappa shape index (κ1) is 14.1. The molecule has 19 heavy (non-hydrogen) atoms. The molecule has 0 atom stereocenters. The number of thiocarbonyl (C=S) groups is 1. The van der Waals surface area contributed by atoms with E-state index in [0.29, 0.717) is 0 Å². The number of piperidine rings is 1. The molecule has 0 unspecified atom stereocenters. The molecule has 0 amide bonds. The fraction of sp³-hybridized carbons (Fsp3) is 0.462. The highest BCUT2D eigenvalue weighted by Gasteiger charge is 2.18. The molecule has 0 saturated carbocycles. The van der Waals surface area contributed by atoms with Crippen molar-refractivity contribution in [1.82, 2.24) is 10.2 Å². The van der Waals surface area contributed by atoms with Gasteiger partial charge in [-0.25, -0.2) is 8.78 Å². The molecule has 0 radical (unpaired) electrons. The van der Waals surface area contributed by atoms with Crippen LogP contribution in [0.4, 0.5) is 14.5 Å². The van der Waals surface area contributed by atoms with Crippen molar-refractivity contribution >= 4 is 23.0 Å². The van der Waals surface area contributed by atoms with Crippen LogP contribution in [0.2, 0.25) is 0 Å². The quantitative estimate of drug-likeness (QED) is 0.816. The van der Waals surface area contributed by atoms with Gasteiger partial charge in [0.2, 0.25) is 0 Å². The zero-order valence-electron chi connectivity index (χ0n) is 10.7. The van der Waals surface area contributed by atoms with Crippen LogP contribution in [0.1, 0.15) is 12.8 Å². The molecule has 0 spiro atoms. The average molecular weight is 285 g/mol. The Kier molecular flexibility index (Phi) is 4.66. The fourth-order valence-electron chi connectivity index (χ4n) is 2.11. The summed E-state index contributed by atoms with van der Waals surface area (Å²) >= 11 is 5.10. The molecule has 2 rings (SSSR count). The minimum absolute atomic E-state index is 0.201. The Bertz CT molecular complexity index is 439. The van der Waals surface area contributed by atoms with Gasteiger partial charge in [-0.15, -0.1) is 0 Å². The second kappa shape index (κ2) is 6.25. The summed E-state index contributed by atoms with van der Waals surface area (Å²) in [4.78, 5) is 2.24. The number of nitrogens with one attached hydrogen (secondary N) is 2. The maximum Gasteiger partial charge on any atom is 0.171 e. The van der Waals surface area contributed by atoms with Gasteiger partial charge >= 0.3 is 0 Å². The minimum atomic E-state index is -0.646. The van der Waals surface area contributed by atoms with Gasteiger partial charge in [0.1, 0.15) is 17.3 Å². The average Bonchev–Trinajstić information content (AvgIpc) is 2.37. The third-order valence-corrected chi connectivity index (χ3v) is 3.47. The van der Waals surface area contributed by atoms with Crippen molar-refractivity contribution < 1.29 is 8.78 Å². The lowest BCUT2D eigenvalue weighted by Crippen LogP contribution is -2.44. The lowest BCUT2D eigenvalue weighted by Gasteiger charge is -2.30. The van der Waals surface area contributed by atoms with Crippen LogP contribution in [0.15, 0.2) is 18.2 Å². The third kappa shape index (κ3) is 3.84. The molecular formula is C13H17F2N3S. The van der Waals surface area contributed by atoms with Gasteiger partial charge < -0.3 is 15.5 Å². The van der Waals surface area contributed by atoms with E-state index in [1.807, 2.05) is 0 Å². The van der Waals surface area contributed by atoms with Crippen LogP contribution in [-0.4, -0.2) is 36.2 Å². The van der Waals surface area contributed by atoms with E-state index in [0.717, 1.165) is 25.9 Å². The van der Waals surface area contributed by atoms with Crippen LogP contribution in [0.3, 0.4) is 0 Å². The number of benzene rings is 1. The Balaban J connectivity index is 1.91. The zero-order valence-corrected chi connectivity index (χ0v) is 11.6. The van der Waals surface area contributed by atoms with Gasteiger partial charge in [-0.3, -0.25) is 0 Å². The van der Waals surface area contributed by atoms with Gasteiger partial charge in [0.25, 0.3) is 0 Å². The number of nitrogens with zero attached hydrogens (tertiary/aromatic N) is 1. The van der Waals surface area contributed by atoms with Crippen molar-refractivity contribution in [2.75, 3.05) is 25.5 Å². The molecule has 1 aliphatic rings. The highest BCUT2D eigenvalue weighted by Crippen LogP contribution is 2.18. The largest absolute Gasteiger partial charge is 0.360 e. The van der Waals surface area contributed by atoms with E-state index >= 15 is 0 Å². The molecule has 1 heterocycles. The Morgan fingerprint density at radius 3 is 2.42 bits per heavy atom. The van der Waals surface area contributed by atoms with E-state index in [-0.39, 0.29) is 16.8 Å². The van der Waals surface area contributed by atoms with E-state index < -0.39 is 11.6 Å². The summed E-state index contributed by atoms with van der Waals surface area (Å²) in [5.41, 5.74) is -0.201. The molecule has 1 saturated heterocycles. The van der Waals surface area contributed by atoms with Gasteiger partial charge in [0, 0.05) is 6.04 Å². The Labute approximate surface area is 117 Å². The molecule has 104 valence electrons. The summed E-state index contributed by atoms with van der Waals surface area (Å²) < 4.78 is 26.9. The molecule has 1 aromatic rings. The van der Waals surface area contributed by atoms with E-state index in [2.05, 4.69) is 22.6 Å². The van der Waals surface area contributed by atoms with E-state index in [1.165, 1.54) is 18.2 Å². The summed E-state index contributed by atoms with van der Waals surface area (Å²) in [6.07, 6.45) is 1.94. The van der Waals surface area contributed by atoms with Crippen LogP contribution < -0.4 is 10.6 Å². The van der Waals surface area contributed by atoms with Gasteiger partial charge in [0.05, 0.1) is 0 Å². The molecule has 2 N–H and O–H groups in total. The molecule has 0 aromatic heterocycles. The molecular weight excluding hydrogens is 268 g/mol. The van der Waals surface area contributed by atoms with E-state index in [1.54, 1.807) is 0 Å². The van der Waals surface area contributed by atoms with Crippen molar-refractivity contribution in [2.24, 2.45) is 0 Å². The molecule has 0 bridgehead atoms. The smallest absolute Gasteiger partial charge is 0.171 e. The monoisotopic (exact) mass is 285 g/mol. The molecule has 6 heteroatoms. The highest BCUT2D eigenvalue weighted by atomic mass is 32.1. The number of hydrogen-bond donors (Lipinski definition) is 2. The number of anilines is 1. The number of rotatable bonds is 2.